The van der Waals surface area contributed by atoms with E-state index in [2.05, 4.69) is 17.1 Å². The number of aromatic nitrogens is 3. The Morgan fingerprint density at radius 2 is 2.26 bits per heavy atom. The highest BCUT2D eigenvalue weighted by Crippen LogP contribution is 2.40. The molecule has 1 atom stereocenters. The van der Waals surface area contributed by atoms with E-state index in [4.69, 9.17) is 4.52 Å². The van der Waals surface area contributed by atoms with Crippen LogP contribution in [0.25, 0.3) is 0 Å². The zero-order valence-electron chi connectivity index (χ0n) is 13.7. The molecule has 6 heteroatoms. The first-order chi connectivity index (χ1) is 11.1. The Hall–Kier alpha value is -2.11. The van der Waals surface area contributed by atoms with Gasteiger partial charge in [-0.25, -0.2) is 0 Å². The summed E-state index contributed by atoms with van der Waals surface area (Å²) in [6.45, 7) is 3.54. The molecule has 1 unspecified atom stereocenters. The Kier molecular flexibility index (Phi) is 3.28. The van der Waals surface area contributed by atoms with Crippen molar-refractivity contribution >= 4 is 5.91 Å². The third-order valence-electron chi connectivity index (χ3n) is 5.05. The van der Waals surface area contributed by atoms with Crippen molar-refractivity contribution in [3.8, 4) is 0 Å². The fourth-order valence-corrected chi connectivity index (χ4v) is 3.42. The van der Waals surface area contributed by atoms with Gasteiger partial charge in [-0.05, 0) is 44.7 Å². The lowest BCUT2D eigenvalue weighted by molar-refractivity contribution is 0.0610. The maximum absolute atomic E-state index is 12.8. The van der Waals surface area contributed by atoms with Crippen molar-refractivity contribution in [2.24, 2.45) is 7.05 Å². The van der Waals surface area contributed by atoms with E-state index in [0.29, 0.717) is 18.4 Å². The third kappa shape index (κ3) is 2.56. The summed E-state index contributed by atoms with van der Waals surface area (Å²) in [6, 6.07) is 3.77. The fourth-order valence-electron chi connectivity index (χ4n) is 3.42. The first-order valence-corrected chi connectivity index (χ1v) is 8.31. The maximum atomic E-state index is 12.8. The van der Waals surface area contributed by atoms with Crippen LogP contribution in [0.1, 0.15) is 60.7 Å². The van der Waals surface area contributed by atoms with Gasteiger partial charge < -0.3 is 14.0 Å². The average Bonchev–Trinajstić information content (AvgIpc) is 3.10. The van der Waals surface area contributed by atoms with E-state index in [1.165, 1.54) is 0 Å². The van der Waals surface area contributed by atoms with Crippen LogP contribution in [0.4, 0.5) is 0 Å². The molecule has 6 nitrogen and oxygen atoms in total. The highest BCUT2D eigenvalue weighted by Gasteiger charge is 2.41. The zero-order chi connectivity index (χ0) is 16.0. The van der Waals surface area contributed by atoms with Gasteiger partial charge in [-0.1, -0.05) is 5.16 Å². The van der Waals surface area contributed by atoms with Crippen molar-refractivity contribution in [3.05, 3.63) is 35.7 Å². The lowest BCUT2D eigenvalue weighted by atomic mass is 9.81. The predicted molar refractivity (Wildman–Crippen MR) is 84.2 cm³/mol. The van der Waals surface area contributed by atoms with Gasteiger partial charge in [0.15, 0.2) is 5.82 Å². The van der Waals surface area contributed by atoms with E-state index < -0.39 is 0 Å². The summed E-state index contributed by atoms with van der Waals surface area (Å²) in [5.74, 6) is 2.09. The zero-order valence-corrected chi connectivity index (χ0v) is 13.7. The highest BCUT2D eigenvalue weighted by molar-refractivity contribution is 5.92. The predicted octanol–water partition coefficient (Wildman–Crippen LogP) is 2.48. The van der Waals surface area contributed by atoms with Gasteiger partial charge in [0.25, 0.3) is 5.91 Å². The number of carbonyl (C=O) groups is 1. The number of piperidine rings is 1. The van der Waals surface area contributed by atoms with E-state index in [9.17, 15) is 4.79 Å². The highest BCUT2D eigenvalue weighted by atomic mass is 16.5. The van der Waals surface area contributed by atoms with E-state index in [-0.39, 0.29) is 11.3 Å². The molecule has 0 spiro atoms. The van der Waals surface area contributed by atoms with Crippen molar-refractivity contribution in [1.29, 1.82) is 0 Å². The number of aryl methyl sites for hydroxylation is 1. The van der Waals surface area contributed by atoms with Crippen LogP contribution in [-0.4, -0.2) is 38.6 Å². The number of likely N-dealkylation sites (tertiary alicyclic amines) is 1. The molecule has 0 bridgehead atoms. The van der Waals surface area contributed by atoms with Crippen molar-refractivity contribution in [2.75, 3.05) is 13.1 Å². The van der Waals surface area contributed by atoms with Crippen molar-refractivity contribution in [1.82, 2.24) is 19.6 Å². The van der Waals surface area contributed by atoms with E-state index >= 15 is 0 Å². The van der Waals surface area contributed by atoms with Crippen molar-refractivity contribution in [3.63, 3.8) is 0 Å². The summed E-state index contributed by atoms with van der Waals surface area (Å²) in [4.78, 5) is 19.3. The van der Waals surface area contributed by atoms with Gasteiger partial charge in [-0.2, -0.15) is 4.98 Å². The fraction of sp³-hybridized carbons (Fsp3) is 0.588. The summed E-state index contributed by atoms with van der Waals surface area (Å²) >= 11 is 0. The van der Waals surface area contributed by atoms with Gasteiger partial charge in [-0.15, -0.1) is 0 Å². The number of rotatable bonds is 3. The second-order valence-electron chi connectivity index (χ2n) is 7.13. The van der Waals surface area contributed by atoms with E-state index in [0.717, 1.165) is 43.7 Å². The van der Waals surface area contributed by atoms with Crippen LogP contribution in [0.3, 0.4) is 0 Å². The molecule has 2 aromatic rings. The molecule has 1 saturated heterocycles. The number of amides is 1. The Bertz CT molecular complexity index is 731. The number of nitrogens with zero attached hydrogens (tertiary/aromatic N) is 4. The van der Waals surface area contributed by atoms with E-state index in [1.807, 2.05) is 34.8 Å². The molecule has 122 valence electrons. The van der Waals surface area contributed by atoms with Gasteiger partial charge in [0.05, 0.1) is 5.41 Å². The Morgan fingerprint density at radius 1 is 1.43 bits per heavy atom. The van der Waals surface area contributed by atoms with Gasteiger partial charge in [0.2, 0.25) is 5.89 Å². The largest absolute Gasteiger partial charge is 0.347 e. The molecular weight excluding hydrogens is 292 g/mol. The lowest BCUT2D eigenvalue weighted by Gasteiger charge is -2.38. The maximum Gasteiger partial charge on any atom is 0.270 e. The second kappa shape index (κ2) is 5.22. The molecule has 0 N–H and O–H groups in total. The van der Waals surface area contributed by atoms with Gasteiger partial charge >= 0.3 is 0 Å². The molecule has 2 aliphatic rings. The molecule has 1 aliphatic heterocycles. The summed E-state index contributed by atoms with van der Waals surface area (Å²) in [5, 5.41) is 4.14. The van der Waals surface area contributed by atoms with Crippen LogP contribution in [-0.2, 0) is 12.5 Å². The second-order valence-corrected chi connectivity index (χ2v) is 7.13. The molecule has 1 aliphatic carbocycles. The van der Waals surface area contributed by atoms with Crippen LogP contribution < -0.4 is 0 Å². The molecule has 23 heavy (non-hydrogen) atoms. The minimum atomic E-state index is -0.251. The first kappa shape index (κ1) is 14.5. The molecule has 3 heterocycles. The number of hydrogen-bond donors (Lipinski definition) is 0. The topological polar surface area (TPSA) is 64.2 Å². The molecule has 0 aromatic carbocycles. The van der Waals surface area contributed by atoms with Gasteiger partial charge in [-0.3, -0.25) is 4.79 Å². The molecule has 2 aromatic heterocycles. The van der Waals surface area contributed by atoms with Crippen LogP contribution in [0.15, 0.2) is 22.9 Å². The minimum absolute atomic E-state index is 0.0744. The summed E-state index contributed by atoms with van der Waals surface area (Å²) in [7, 11) is 1.90. The summed E-state index contributed by atoms with van der Waals surface area (Å²) in [6.07, 6.45) is 6.14. The Labute approximate surface area is 135 Å². The normalized spacial score (nSPS) is 24.9. The van der Waals surface area contributed by atoms with Crippen LogP contribution in [0.2, 0.25) is 0 Å². The molecule has 2 fully saturated rings. The first-order valence-electron chi connectivity index (χ1n) is 8.31. The van der Waals surface area contributed by atoms with Crippen LogP contribution in [0.5, 0.6) is 0 Å². The lowest BCUT2D eigenvalue weighted by Crippen LogP contribution is -2.47. The molecular formula is C17H22N4O2. The monoisotopic (exact) mass is 314 g/mol. The standard InChI is InChI=1S/C17H22N4O2/c1-17(16-18-14(19-23-16)12-6-7-12)8-4-10-21(11-17)15(22)13-5-3-9-20(13)2/h3,5,9,12H,4,6-8,10-11H2,1-2H3. The summed E-state index contributed by atoms with van der Waals surface area (Å²) in [5.41, 5.74) is 0.470. The smallest absolute Gasteiger partial charge is 0.270 e. The Morgan fingerprint density at radius 3 is 2.96 bits per heavy atom. The molecule has 1 saturated carbocycles. The van der Waals surface area contributed by atoms with Crippen molar-refractivity contribution in [2.45, 2.75) is 43.9 Å². The van der Waals surface area contributed by atoms with Gasteiger partial charge in [0, 0.05) is 32.3 Å². The number of carbonyl (C=O) groups excluding carboxylic acids is 1. The SMILES string of the molecule is Cn1cccc1C(=O)N1CCCC(C)(c2nc(C3CC3)no2)C1. The Balaban J connectivity index is 1.55. The molecule has 0 radical (unpaired) electrons. The van der Waals surface area contributed by atoms with Crippen LogP contribution >= 0.6 is 0 Å². The minimum Gasteiger partial charge on any atom is -0.347 e. The number of hydrogen-bond acceptors (Lipinski definition) is 4. The van der Waals surface area contributed by atoms with Crippen LogP contribution in [0, 0.1) is 0 Å². The molecule has 1 amide bonds. The van der Waals surface area contributed by atoms with E-state index in [1.54, 1.807) is 0 Å². The molecule has 4 rings (SSSR count). The quantitative estimate of drug-likeness (QED) is 0.873. The third-order valence-corrected chi connectivity index (χ3v) is 5.05. The average molecular weight is 314 g/mol. The van der Waals surface area contributed by atoms with Gasteiger partial charge in [0.1, 0.15) is 5.69 Å². The van der Waals surface area contributed by atoms with Crippen molar-refractivity contribution < 1.29 is 9.32 Å². The summed E-state index contributed by atoms with van der Waals surface area (Å²) < 4.78 is 7.41.